The third-order valence-electron chi connectivity index (χ3n) is 4.33. The minimum Gasteiger partial charge on any atom is -0.420 e. The summed E-state index contributed by atoms with van der Waals surface area (Å²) in [5.74, 6) is 1.36. The first kappa shape index (κ1) is 16.7. The maximum atomic E-state index is 12.8. The molecule has 2 aromatic heterocycles. The van der Waals surface area contributed by atoms with Crippen LogP contribution in [-0.4, -0.2) is 34.1 Å². The molecule has 25 heavy (non-hydrogen) atoms. The van der Waals surface area contributed by atoms with E-state index in [9.17, 15) is 4.79 Å². The van der Waals surface area contributed by atoms with E-state index in [1.807, 2.05) is 46.7 Å². The number of benzene rings is 1. The van der Waals surface area contributed by atoms with Crippen molar-refractivity contribution in [3.63, 3.8) is 0 Å². The van der Waals surface area contributed by atoms with Crippen molar-refractivity contribution in [1.29, 1.82) is 0 Å². The van der Waals surface area contributed by atoms with Crippen LogP contribution >= 0.6 is 33.9 Å². The fourth-order valence-corrected chi connectivity index (χ4v) is 4.33. The summed E-state index contributed by atoms with van der Waals surface area (Å²) in [6.45, 7) is 1.39. The monoisotopic (exact) mass is 465 g/mol. The molecule has 1 unspecified atom stereocenters. The van der Waals surface area contributed by atoms with Crippen LogP contribution in [0.5, 0.6) is 0 Å². The molecule has 5 nitrogen and oxygen atoms in total. The second-order valence-electron chi connectivity index (χ2n) is 5.99. The third-order valence-corrected chi connectivity index (χ3v) is 6.13. The molecule has 1 atom stereocenters. The lowest BCUT2D eigenvalue weighted by Crippen LogP contribution is -2.39. The van der Waals surface area contributed by atoms with Crippen molar-refractivity contribution in [2.24, 2.45) is 0 Å². The molecule has 1 aliphatic heterocycles. The highest BCUT2D eigenvalue weighted by atomic mass is 127. The number of hydrogen-bond acceptors (Lipinski definition) is 5. The number of rotatable bonds is 3. The van der Waals surface area contributed by atoms with Crippen molar-refractivity contribution >= 4 is 39.8 Å². The van der Waals surface area contributed by atoms with Crippen molar-refractivity contribution in [2.75, 3.05) is 13.1 Å². The minimum absolute atomic E-state index is 0.0766. The number of amides is 1. The number of likely N-dealkylation sites (tertiary alicyclic amines) is 1. The van der Waals surface area contributed by atoms with Crippen LogP contribution in [0.4, 0.5) is 0 Å². The van der Waals surface area contributed by atoms with E-state index in [1.54, 1.807) is 11.3 Å². The van der Waals surface area contributed by atoms with Crippen molar-refractivity contribution in [1.82, 2.24) is 15.1 Å². The first-order chi connectivity index (χ1) is 12.2. The molecule has 0 saturated carbocycles. The van der Waals surface area contributed by atoms with Crippen LogP contribution in [0.15, 0.2) is 46.2 Å². The lowest BCUT2D eigenvalue weighted by atomic mass is 9.97. The van der Waals surface area contributed by atoms with E-state index in [0.29, 0.717) is 18.3 Å². The van der Waals surface area contributed by atoms with Crippen LogP contribution in [0.1, 0.15) is 35.0 Å². The summed E-state index contributed by atoms with van der Waals surface area (Å²) in [5, 5.41) is 10.4. The van der Waals surface area contributed by atoms with Gasteiger partial charge in [0.25, 0.3) is 11.8 Å². The van der Waals surface area contributed by atoms with Crippen LogP contribution in [0.25, 0.3) is 10.8 Å². The Bertz CT molecular complexity index is 878. The Balaban J connectivity index is 1.51. The fraction of sp³-hybridized carbons (Fsp3) is 0.278. The van der Waals surface area contributed by atoms with Crippen molar-refractivity contribution in [3.8, 4) is 10.8 Å². The molecule has 3 aromatic rings. The highest BCUT2D eigenvalue weighted by Crippen LogP contribution is 2.30. The Morgan fingerprint density at radius 1 is 1.24 bits per heavy atom. The van der Waals surface area contributed by atoms with E-state index in [1.165, 1.54) is 0 Å². The van der Waals surface area contributed by atoms with E-state index < -0.39 is 0 Å². The Morgan fingerprint density at radius 3 is 2.92 bits per heavy atom. The number of thiophene rings is 1. The molecule has 1 aromatic carbocycles. The maximum Gasteiger partial charge on any atom is 0.257 e. The Labute approximate surface area is 163 Å². The number of nitrogens with zero attached hydrogens (tertiary/aromatic N) is 3. The van der Waals surface area contributed by atoms with Crippen molar-refractivity contribution in [2.45, 2.75) is 18.8 Å². The number of carbonyl (C=O) groups is 1. The first-order valence-electron chi connectivity index (χ1n) is 8.13. The lowest BCUT2D eigenvalue weighted by molar-refractivity contribution is 0.0697. The van der Waals surface area contributed by atoms with Gasteiger partial charge >= 0.3 is 0 Å². The van der Waals surface area contributed by atoms with Gasteiger partial charge in [-0.15, -0.1) is 21.5 Å². The van der Waals surface area contributed by atoms with Crippen LogP contribution in [0.2, 0.25) is 0 Å². The van der Waals surface area contributed by atoms with Gasteiger partial charge in [-0.3, -0.25) is 4.79 Å². The van der Waals surface area contributed by atoms with Crippen LogP contribution in [0.3, 0.4) is 0 Å². The van der Waals surface area contributed by atoms with Crippen molar-refractivity contribution < 1.29 is 9.21 Å². The summed E-state index contributed by atoms with van der Waals surface area (Å²) in [6, 6.07) is 11.6. The average molecular weight is 465 g/mol. The van der Waals surface area contributed by atoms with Gasteiger partial charge in [-0.1, -0.05) is 18.2 Å². The Hall–Kier alpha value is -1.74. The van der Waals surface area contributed by atoms with Gasteiger partial charge in [0.05, 0.1) is 16.4 Å². The van der Waals surface area contributed by atoms with Gasteiger partial charge in [0.2, 0.25) is 5.89 Å². The molecule has 3 heterocycles. The molecular formula is C18H16IN3O2S. The van der Waals surface area contributed by atoms with Gasteiger partial charge in [0.1, 0.15) is 0 Å². The zero-order valence-electron chi connectivity index (χ0n) is 13.4. The summed E-state index contributed by atoms with van der Waals surface area (Å²) in [6.07, 6.45) is 1.90. The molecule has 7 heteroatoms. The third kappa shape index (κ3) is 3.48. The van der Waals surface area contributed by atoms with E-state index >= 15 is 0 Å². The predicted octanol–water partition coefficient (Wildman–Crippen LogP) is 4.42. The Morgan fingerprint density at radius 2 is 2.12 bits per heavy atom. The van der Waals surface area contributed by atoms with E-state index in [4.69, 9.17) is 4.42 Å². The van der Waals surface area contributed by atoms with E-state index in [0.717, 1.165) is 33.4 Å². The number of hydrogen-bond donors (Lipinski definition) is 0. The smallest absolute Gasteiger partial charge is 0.257 e. The minimum atomic E-state index is 0.0766. The SMILES string of the molecule is O=C(c1ccccc1I)N1CCCC(c2nnc(-c3cccs3)o2)C1. The van der Waals surface area contributed by atoms with Gasteiger partial charge < -0.3 is 9.32 Å². The summed E-state index contributed by atoms with van der Waals surface area (Å²) in [7, 11) is 0. The number of halogens is 1. The molecule has 1 aliphatic rings. The topological polar surface area (TPSA) is 59.2 Å². The number of aromatic nitrogens is 2. The normalized spacial score (nSPS) is 17.6. The largest absolute Gasteiger partial charge is 0.420 e. The van der Waals surface area contributed by atoms with E-state index in [2.05, 4.69) is 32.8 Å². The molecule has 0 bridgehead atoms. The molecule has 1 fully saturated rings. The van der Waals surface area contributed by atoms with Crippen LogP contribution in [-0.2, 0) is 0 Å². The van der Waals surface area contributed by atoms with Gasteiger partial charge in [-0.2, -0.15) is 0 Å². The highest BCUT2D eigenvalue weighted by Gasteiger charge is 2.29. The second-order valence-corrected chi connectivity index (χ2v) is 8.10. The summed E-state index contributed by atoms with van der Waals surface area (Å²) in [4.78, 5) is 15.7. The standard InChI is InChI=1S/C18H16IN3O2S/c19-14-7-2-1-6-13(14)18(23)22-9-3-5-12(11-22)16-20-21-17(24-16)15-8-4-10-25-15/h1-2,4,6-8,10,12H,3,5,9,11H2. The second kappa shape index (κ2) is 7.25. The molecule has 0 aliphatic carbocycles. The fourth-order valence-electron chi connectivity index (χ4n) is 3.07. The average Bonchev–Trinajstić information content (AvgIpc) is 3.33. The first-order valence-corrected chi connectivity index (χ1v) is 10.1. The molecule has 0 N–H and O–H groups in total. The maximum absolute atomic E-state index is 12.8. The molecule has 1 saturated heterocycles. The molecular weight excluding hydrogens is 449 g/mol. The highest BCUT2D eigenvalue weighted by molar-refractivity contribution is 14.1. The number of piperidine rings is 1. The Kier molecular flexibility index (Phi) is 4.85. The lowest BCUT2D eigenvalue weighted by Gasteiger charge is -2.31. The molecule has 0 radical (unpaired) electrons. The van der Waals surface area contributed by atoms with Gasteiger partial charge in [0.15, 0.2) is 0 Å². The molecule has 4 rings (SSSR count). The summed E-state index contributed by atoms with van der Waals surface area (Å²) >= 11 is 3.79. The van der Waals surface area contributed by atoms with Crippen molar-refractivity contribution in [3.05, 3.63) is 56.8 Å². The number of carbonyl (C=O) groups excluding carboxylic acids is 1. The molecule has 128 valence electrons. The summed E-state index contributed by atoms with van der Waals surface area (Å²) in [5.41, 5.74) is 0.758. The molecule has 1 amide bonds. The van der Waals surface area contributed by atoms with Gasteiger partial charge in [-0.25, -0.2) is 0 Å². The van der Waals surface area contributed by atoms with Crippen LogP contribution in [0, 0.1) is 3.57 Å². The quantitative estimate of drug-likeness (QED) is 0.538. The zero-order chi connectivity index (χ0) is 17.2. The van der Waals surface area contributed by atoms with Gasteiger partial charge in [-0.05, 0) is 59.0 Å². The molecule has 0 spiro atoms. The summed E-state index contributed by atoms with van der Waals surface area (Å²) < 4.78 is 6.85. The predicted molar refractivity (Wildman–Crippen MR) is 105 cm³/mol. The van der Waals surface area contributed by atoms with E-state index in [-0.39, 0.29) is 11.8 Å². The van der Waals surface area contributed by atoms with Gasteiger partial charge in [0, 0.05) is 16.7 Å². The van der Waals surface area contributed by atoms with Crippen LogP contribution < -0.4 is 0 Å². The zero-order valence-corrected chi connectivity index (χ0v) is 16.4.